The average molecular weight is 313 g/mol. The van der Waals surface area contributed by atoms with Crippen LogP contribution >= 0.6 is 11.6 Å². The summed E-state index contributed by atoms with van der Waals surface area (Å²) in [6, 6.07) is 5.14. The Morgan fingerprint density at radius 2 is 2.52 bits per heavy atom. The van der Waals surface area contributed by atoms with E-state index in [-0.39, 0.29) is 12.5 Å². The Morgan fingerprint density at radius 3 is 3.24 bits per heavy atom. The molecule has 0 aromatic heterocycles. The van der Waals surface area contributed by atoms with Crippen molar-refractivity contribution in [2.75, 3.05) is 38.9 Å². The van der Waals surface area contributed by atoms with Crippen molar-refractivity contribution >= 4 is 29.4 Å². The molecular formula is C13H17ClN4O3. The first-order valence-electron chi connectivity index (χ1n) is 6.41. The third-order valence-corrected chi connectivity index (χ3v) is 3.08. The van der Waals surface area contributed by atoms with E-state index in [0.717, 1.165) is 0 Å². The van der Waals surface area contributed by atoms with E-state index in [1.54, 1.807) is 23.2 Å². The summed E-state index contributed by atoms with van der Waals surface area (Å²) in [5.41, 5.74) is 4.37. The minimum Gasteiger partial charge on any atom is -0.399 e. The van der Waals surface area contributed by atoms with Gasteiger partial charge in [0.15, 0.2) is 0 Å². The topological polar surface area (TPSA) is 75.2 Å². The fourth-order valence-corrected chi connectivity index (χ4v) is 1.97. The van der Waals surface area contributed by atoms with Gasteiger partial charge in [-0.3, -0.25) is 10.2 Å². The van der Waals surface area contributed by atoms with Gasteiger partial charge in [-0.2, -0.15) is 0 Å². The smallest absolute Gasteiger partial charge is 0.240 e. The Kier molecular flexibility index (Phi) is 5.94. The largest absolute Gasteiger partial charge is 0.399 e. The van der Waals surface area contributed by atoms with Gasteiger partial charge in [0.25, 0.3) is 0 Å². The van der Waals surface area contributed by atoms with Gasteiger partial charge in [0.2, 0.25) is 5.91 Å². The van der Waals surface area contributed by atoms with Crippen LogP contribution in [-0.2, 0) is 14.4 Å². The molecule has 0 unspecified atom stereocenters. The van der Waals surface area contributed by atoms with Gasteiger partial charge in [-0.05, 0) is 18.2 Å². The Bertz CT molecular complexity index is 518. The van der Waals surface area contributed by atoms with Crippen molar-refractivity contribution < 1.29 is 14.4 Å². The van der Waals surface area contributed by atoms with Gasteiger partial charge in [0, 0.05) is 22.8 Å². The summed E-state index contributed by atoms with van der Waals surface area (Å²) >= 11 is 6.03. The fourth-order valence-electron chi connectivity index (χ4n) is 1.80. The number of hydrogen-bond donors (Lipinski definition) is 2. The molecule has 1 aliphatic rings. The van der Waals surface area contributed by atoms with Crippen molar-refractivity contribution in [1.82, 2.24) is 10.4 Å². The van der Waals surface area contributed by atoms with Crippen LogP contribution in [0.3, 0.4) is 0 Å². The molecule has 2 rings (SSSR count). The highest BCUT2D eigenvalue weighted by molar-refractivity contribution is 6.33. The van der Waals surface area contributed by atoms with Gasteiger partial charge in [0.05, 0.1) is 19.4 Å². The van der Waals surface area contributed by atoms with Crippen molar-refractivity contribution in [2.24, 2.45) is 5.16 Å². The molecule has 114 valence electrons. The van der Waals surface area contributed by atoms with E-state index < -0.39 is 0 Å². The Hall–Kier alpha value is -1.67. The molecule has 1 aliphatic heterocycles. The van der Waals surface area contributed by atoms with Crippen LogP contribution in [0.25, 0.3) is 0 Å². The SMILES string of the molecule is CON=Cc1cc(NC(=O)CN2COCCN2)ccc1Cl. The van der Waals surface area contributed by atoms with Crippen molar-refractivity contribution in [3.63, 3.8) is 0 Å². The number of amides is 1. The minimum atomic E-state index is -0.148. The summed E-state index contributed by atoms with van der Waals surface area (Å²) in [6.07, 6.45) is 1.48. The van der Waals surface area contributed by atoms with Gasteiger partial charge >= 0.3 is 0 Å². The van der Waals surface area contributed by atoms with Crippen molar-refractivity contribution in [3.05, 3.63) is 28.8 Å². The summed E-state index contributed by atoms with van der Waals surface area (Å²) in [7, 11) is 1.45. The van der Waals surface area contributed by atoms with Gasteiger partial charge in [-0.15, -0.1) is 0 Å². The molecule has 1 heterocycles. The van der Waals surface area contributed by atoms with E-state index in [1.807, 2.05) is 0 Å². The van der Waals surface area contributed by atoms with Crippen molar-refractivity contribution in [1.29, 1.82) is 0 Å². The lowest BCUT2D eigenvalue weighted by Crippen LogP contribution is -2.49. The highest BCUT2D eigenvalue weighted by atomic mass is 35.5. The predicted molar refractivity (Wildman–Crippen MR) is 80.2 cm³/mol. The molecule has 2 N–H and O–H groups in total. The molecule has 0 saturated carbocycles. The summed E-state index contributed by atoms with van der Waals surface area (Å²) < 4.78 is 5.25. The minimum absolute atomic E-state index is 0.148. The van der Waals surface area contributed by atoms with Gasteiger partial charge in [-0.1, -0.05) is 16.8 Å². The fraction of sp³-hybridized carbons (Fsp3) is 0.385. The normalized spacial score (nSPS) is 16.1. The number of halogens is 1. The van der Waals surface area contributed by atoms with Gasteiger partial charge in [-0.25, -0.2) is 5.01 Å². The van der Waals surface area contributed by atoms with E-state index >= 15 is 0 Å². The second-order valence-electron chi connectivity index (χ2n) is 4.34. The molecule has 1 amide bonds. The molecule has 21 heavy (non-hydrogen) atoms. The Balaban J connectivity index is 1.95. The second kappa shape index (κ2) is 7.94. The zero-order valence-electron chi connectivity index (χ0n) is 11.6. The first-order chi connectivity index (χ1) is 10.2. The molecule has 0 atom stereocenters. The van der Waals surface area contributed by atoms with E-state index in [2.05, 4.69) is 20.7 Å². The molecule has 8 heteroatoms. The molecule has 0 spiro atoms. The highest BCUT2D eigenvalue weighted by Crippen LogP contribution is 2.19. The Morgan fingerprint density at radius 1 is 1.67 bits per heavy atom. The van der Waals surface area contributed by atoms with E-state index in [9.17, 15) is 4.79 Å². The molecule has 0 bridgehead atoms. The maximum atomic E-state index is 12.0. The average Bonchev–Trinajstić information content (AvgIpc) is 2.48. The predicted octanol–water partition coefficient (Wildman–Crippen LogP) is 1.05. The number of ether oxygens (including phenoxy) is 1. The number of oxime groups is 1. The third-order valence-electron chi connectivity index (χ3n) is 2.74. The molecule has 7 nitrogen and oxygen atoms in total. The lowest BCUT2D eigenvalue weighted by Gasteiger charge is -2.26. The van der Waals surface area contributed by atoms with Crippen LogP contribution in [0.4, 0.5) is 5.69 Å². The zero-order chi connectivity index (χ0) is 15.1. The monoisotopic (exact) mass is 312 g/mol. The number of hydrogen-bond acceptors (Lipinski definition) is 6. The molecule has 1 aromatic carbocycles. The van der Waals surface area contributed by atoms with Crippen LogP contribution in [-0.4, -0.2) is 50.7 Å². The Labute approximate surface area is 127 Å². The molecular weight excluding hydrogens is 296 g/mol. The lowest BCUT2D eigenvalue weighted by atomic mass is 10.2. The van der Waals surface area contributed by atoms with Crippen LogP contribution in [0.2, 0.25) is 5.02 Å². The van der Waals surface area contributed by atoms with Crippen LogP contribution in [0.5, 0.6) is 0 Å². The number of hydrazine groups is 1. The number of nitrogens with zero attached hydrogens (tertiary/aromatic N) is 2. The second-order valence-corrected chi connectivity index (χ2v) is 4.75. The van der Waals surface area contributed by atoms with Crippen LogP contribution in [0, 0.1) is 0 Å². The molecule has 1 fully saturated rings. The summed E-state index contributed by atoms with van der Waals surface area (Å²) in [6.45, 7) is 1.94. The highest BCUT2D eigenvalue weighted by Gasteiger charge is 2.14. The van der Waals surface area contributed by atoms with Crippen molar-refractivity contribution in [2.45, 2.75) is 0 Å². The summed E-state index contributed by atoms with van der Waals surface area (Å²) in [5, 5.41) is 8.69. The maximum absolute atomic E-state index is 12.0. The van der Waals surface area contributed by atoms with Gasteiger partial charge < -0.3 is 14.9 Å². The quantitative estimate of drug-likeness (QED) is 0.628. The summed E-state index contributed by atoms with van der Waals surface area (Å²) in [5.74, 6) is -0.148. The van der Waals surface area contributed by atoms with E-state index in [4.69, 9.17) is 16.3 Å². The first-order valence-corrected chi connectivity index (χ1v) is 6.79. The number of carbonyl (C=O) groups excluding carboxylic acids is 1. The van der Waals surface area contributed by atoms with Gasteiger partial charge in [0.1, 0.15) is 13.8 Å². The number of rotatable bonds is 5. The van der Waals surface area contributed by atoms with Crippen molar-refractivity contribution in [3.8, 4) is 0 Å². The number of benzene rings is 1. The van der Waals surface area contributed by atoms with Crippen LogP contribution < -0.4 is 10.7 Å². The van der Waals surface area contributed by atoms with E-state index in [1.165, 1.54) is 13.3 Å². The maximum Gasteiger partial charge on any atom is 0.240 e. The summed E-state index contributed by atoms with van der Waals surface area (Å²) in [4.78, 5) is 16.6. The van der Waals surface area contributed by atoms with E-state index in [0.29, 0.717) is 36.2 Å². The number of carbonyl (C=O) groups is 1. The molecule has 1 aromatic rings. The molecule has 0 radical (unpaired) electrons. The first kappa shape index (κ1) is 15.7. The number of anilines is 1. The molecule has 1 saturated heterocycles. The lowest BCUT2D eigenvalue weighted by molar-refractivity contribution is -0.122. The zero-order valence-corrected chi connectivity index (χ0v) is 12.4. The number of nitrogens with one attached hydrogen (secondary N) is 2. The molecule has 0 aliphatic carbocycles. The third kappa shape index (κ3) is 4.98. The van der Waals surface area contributed by atoms with Crippen LogP contribution in [0.1, 0.15) is 5.56 Å². The standard InChI is InChI=1S/C13H17ClN4O3/c1-20-16-7-10-6-11(2-3-12(10)14)17-13(19)8-18-9-21-5-4-15-18/h2-3,6-7,15H,4-5,8-9H2,1H3,(H,17,19). The van der Waals surface area contributed by atoms with Crippen LogP contribution in [0.15, 0.2) is 23.4 Å².